The molecule has 0 fully saturated rings. The van der Waals surface area contributed by atoms with Gasteiger partial charge in [0.05, 0.1) is 4.92 Å². The standard InChI is InChI=1S/C8H12N6O3/c1-5(15)10-2-3-11-7-6(14(16)17)4-12-8(9)13-7/h4H,2-3H2,1H3,(H,10,15)(H3,9,11,12,13). The summed E-state index contributed by atoms with van der Waals surface area (Å²) in [5.74, 6) is -0.200. The Balaban J connectivity index is 2.65. The fraction of sp³-hybridized carbons (Fsp3) is 0.375. The number of nitro groups is 1. The van der Waals surface area contributed by atoms with Crippen LogP contribution in [0, 0.1) is 10.1 Å². The zero-order valence-corrected chi connectivity index (χ0v) is 9.14. The van der Waals surface area contributed by atoms with E-state index in [2.05, 4.69) is 20.6 Å². The van der Waals surface area contributed by atoms with Crippen molar-refractivity contribution in [2.45, 2.75) is 6.92 Å². The van der Waals surface area contributed by atoms with E-state index < -0.39 is 4.92 Å². The number of carbonyl (C=O) groups excluding carboxylic acids is 1. The first kappa shape index (κ1) is 12.6. The molecule has 92 valence electrons. The topological polar surface area (TPSA) is 136 Å². The normalized spacial score (nSPS) is 9.71. The van der Waals surface area contributed by atoms with Crippen LogP contribution < -0.4 is 16.4 Å². The lowest BCUT2D eigenvalue weighted by Crippen LogP contribution is -2.26. The molecule has 0 spiro atoms. The Bertz CT molecular complexity index is 435. The molecule has 0 radical (unpaired) electrons. The predicted molar refractivity (Wildman–Crippen MR) is 60.3 cm³/mol. The minimum absolute atomic E-state index is 0.0350. The van der Waals surface area contributed by atoms with E-state index in [0.29, 0.717) is 13.1 Å². The molecule has 0 aliphatic carbocycles. The molecule has 0 aliphatic heterocycles. The number of carbonyl (C=O) groups is 1. The molecule has 9 nitrogen and oxygen atoms in total. The molecular weight excluding hydrogens is 228 g/mol. The van der Waals surface area contributed by atoms with Crippen LogP contribution in [0.2, 0.25) is 0 Å². The Morgan fingerprint density at radius 1 is 1.59 bits per heavy atom. The van der Waals surface area contributed by atoms with E-state index in [-0.39, 0.29) is 23.4 Å². The second-order valence-corrected chi connectivity index (χ2v) is 3.13. The second-order valence-electron chi connectivity index (χ2n) is 3.13. The van der Waals surface area contributed by atoms with Gasteiger partial charge < -0.3 is 16.4 Å². The SMILES string of the molecule is CC(=O)NCCNc1nc(N)ncc1[N+](=O)[O-]. The van der Waals surface area contributed by atoms with Crippen LogP contribution in [0.25, 0.3) is 0 Å². The molecule has 0 unspecified atom stereocenters. The Morgan fingerprint density at radius 2 is 2.29 bits per heavy atom. The van der Waals surface area contributed by atoms with Gasteiger partial charge >= 0.3 is 5.69 Å². The molecule has 1 amide bonds. The smallest absolute Gasteiger partial charge is 0.329 e. The van der Waals surface area contributed by atoms with Crippen molar-refractivity contribution < 1.29 is 9.72 Å². The Labute approximate surface area is 96.6 Å². The van der Waals surface area contributed by atoms with E-state index in [1.165, 1.54) is 6.92 Å². The number of rotatable bonds is 5. The maximum absolute atomic E-state index is 10.6. The molecule has 0 bridgehead atoms. The Morgan fingerprint density at radius 3 is 2.88 bits per heavy atom. The monoisotopic (exact) mass is 240 g/mol. The van der Waals surface area contributed by atoms with E-state index in [1.54, 1.807) is 0 Å². The molecule has 0 atom stereocenters. The molecule has 1 aromatic rings. The molecule has 17 heavy (non-hydrogen) atoms. The van der Waals surface area contributed by atoms with Gasteiger partial charge in [-0.2, -0.15) is 4.98 Å². The number of nitrogen functional groups attached to an aromatic ring is 1. The van der Waals surface area contributed by atoms with Gasteiger partial charge in [-0.05, 0) is 0 Å². The summed E-state index contributed by atoms with van der Waals surface area (Å²) < 4.78 is 0. The number of amides is 1. The van der Waals surface area contributed by atoms with Crippen molar-refractivity contribution in [2.24, 2.45) is 0 Å². The summed E-state index contributed by atoms with van der Waals surface area (Å²) in [6, 6.07) is 0. The summed E-state index contributed by atoms with van der Waals surface area (Å²) >= 11 is 0. The number of hydrogen-bond donors (Lipinski definition) is 3. The highest BCUT2D eigenvalue weighted by atomic mass is 16.6. The van der Waals surface area contributed by atoms with Crippen molar-refractivity contribution in [1.82, 2.24) is 15.3 Å². The summed E-state index contributed by atoms with van der Waals surface area (Å²) in [4.78, 5) is 27.9. The molecule has 0 saturated carbocycles. The van der Waals surface area contributed by atoms with Crippen LogP contribution in [0.4, 0.5) is 17.5 Å². The molecule has 9 heteroatoms. The highest BCUT2D eigenvalue weighted by Gasteiger charge is 2.15. The van der Waals surface area contributed by atoms with Gasteiger partial charge in [0.25, 0.3) is 0 Å². The van der Waals surface area contributed by atoms with Gasteiger partial charge in [0.15, 0.2) is 0 Å². The maximum atomic E-state index is 10.6. The van der Waals surface area contributed by atoms with Gasteiger partial charge in [0, 0.05) is 20.0 Å². The molecule has 4 N–H and O–H groups in total. The van der Waals surface area contributed by atoms with Crippen LogP contribution >= 0.6 is 0 Å². The van der Waals surface area contributed by atoms with Crippen molar-refractivity contribution in [2.75, 3.05) is 24.1 Å². The average Bonchev–Trinajstić information content (AvgIpc) is 2.23. The van der Waals surface area contributed by atoms with Crippen molar-refractivity contribution in [3.63, 3.8) is 0 Å². The molecule has 1 heterocycles. The first-order valence-electron chi connectivity index (χ1n) is 4.76. The number of aromatic nitrogens is 2. The molecule has 0 aromatic carbocycles. The highest BCUT2D eigenvalue weighted by Crippen LogP contribution is 2.20. The first-order chi connectivity index (χ1) is 8.00. The number of nitrogens with two attached hydrogens (primary N) is 1. The van der Waals surface area contributed by atoms with E-state index in [0.717, 1.165) is 6.20 Å². The highest BCUT2D eigenvalue weighted by molar-refractivity contribution is 5.72. The number of anilines is 2. The predicted octanol–water partition coefficient (Wildman–Crippen LogP) is -0.485. The lowest BCUT2D eigenvalue weighted by atomic mass is 10.4. The summed E-state index contributed by atoms with van der Waals surface area (Å²) in [6.45, 7) is 2.01. The number of nitrogens with one attached hydrogen (secondary N) is 2. The molecule has 1 aromatic heterocycles. The van der Waals surface area contributed by atoms with E-state index in [1.807, 2.05) is 0 Å². The van der Waals surface area contributed by atoms with Gasteiger partial charge in [-0.25, -0.2) is 4.98 Å². The van der Waals surface area contributed by atoms with Crippen LogP contribution in [0.1, 0.15) is 6.92 Å². The lowest BCUT2D eigenvalue weighted by Gasteiger charge is -2.06. The molecule has 1 rings (SSSR count). The minimum atomic E-state index is -0.611. The third-order valence-corrected chi connectivity index (χ3v) is 1.78. The lowest BCUT2D eigenvalue weighted by molar-refractivity contribution is -0.384. The third kappa shape index (κ3) is 3.89. The largest absolute Gasteiger partial charge is 0.368 e. The Hall–Kier alpha value is -2.45. The summed E-state index contributed by atoms with van der Waals surface area (Å²) in [5, 5.41) is 15.9. The van der Waals surface area contributed by atoms with Gasteiger partial charge in [0.1, 0.15) is 6.20 Å². The van der Waals surface area contributed by atoms with Gasteiger partial charge in [-0.3, -0.25) is 14.9 Å². The van der Waals surface area contributed by atoms with Crippen LogP contribution in [0.5, 0.6) is 0 Å². The number of nitrogens with zero attached hydrogens (tertiary/aromatic N) is 3. The summed E-state index contributed by atoms with van der Waals surface area (Å²) in [6.07, 6.45) is 1.03. The molecule has 0 saturated heterocycles. The van der Waals surface area contributed by atoms with Gasteiger partial charge in [0.2, 0.25) is 17.7 Å². The quantitative estimate of drug-likeness (QED) is 0.359. The van der Waals surface area contributed by atoms with E-state index in [4.69, 9.17) is 5.73 Å². The fourth-order valence-corrected chi connectivity index (χ4v) is 1.07. The average molecular weight is 240 g/mol. The number of hydrogen-bond acceptors (Lipinski definition) is 7. The van der Waals surface area contributed by atoms with Crippen molar-refractivity contribution >= 4 is 23.4 Å². The van der Waals surface area contributed by atoms with Gasteiger partial charge in [-0.1, -0.05) is 0 Å². The van der Waals surface area contributed by atoms with E-state index >= 15 is 0 Å². The van der Waals surface area contributed by atoms with Crippen molar-refractivity contribution in [3.05, 3.63) is 16.3 Å². The van der Waals surface area contributed by atoms with Crippen molar-refractivity contribution in [3.8, 4) is 0 Å². The van der Waals surface area contributed by atoms with E-state index in [9.17, 15) is 14.9 Å². The first-order valence-corrected chi connectivity index (χ1v) is 4.76. The zero-order valence-electron chi connectivity index (χ0n) is 9.14. The maximum Gasteiger partial charge on any atom is 0.329 e. The summed E-state index contributed by atoms with van der Waals surface area (Å²) in [5.41, 5.74) is 5.06. The van der Waals surface area contributed by atoms with Crippen molar-refractivity contribution in [1.29, 1.82) is 0 Å². The molecular formula is C8H12N6O3. The van der Waals surface area contributed by atoms with Crippen LogP contribution in [0.15, 0.2) is 6.20 Å². The zero-order chi connectivity index (χ0) is 12.8. The minimum Gasteiger partial charge on any atom is -0.368 e. The van der Waals surface area contributed by atoms with Crippen LogP contribution in [-0.2, 0) is 4.79 Å². The van der Waals surface area contributed by atoms with Crippen LogP contribution in [-0.4, -0.2) is 33.9 Å². The second kappa shape index (κ2) is 5.58. The Kier molecular flexibility index (Phi) is 4.14. The fourth-order valence-electron chi connectivity index (χ4n) is 1.07. The van der Waals surface area contributed by atoms with Crippen LogP contribution in [0.3, 0.4) is 0 Å². The third-order valence-electron chi connectivity index (χ3n) is 1.78. The summed E-state index contributed by atoms with van der Waals surface area (Å²) in [7, 11) is 0. The molecule has 0 aliphatic rings. The van der Waals surface area contributed by atoms with Gasteiger partial charge in [-0.15, -0.1) is 0 Å².